The van der Waals surface area contributed by atoms with Gasteiger partial charge in [0.2, 0.25) is 5.95 Å². The van der Waals surface area contributed by atoms with E-state index >= 15 is 0 Å². The van der Waals surface area contributed by atoms with Crippen LogP contribution in [0, 0.1) is 0 Å². The number of fused-ring (bicyclic) bond motifs is 2. The van der Waals surface area contributed by atoms with Crippen LogP contribution in [0.1, 0.15) is 42.1 Å². The van der Waals surface area contributed by atoms with Gasteiger partial charge in [-0.3, -0.25) is 14.5 Å². The van der Waals surface area contributed by atoms with Crippen LogP contribution >= 0.6 is 0 Å². The Hall–Kier alpha value is -3.83. The maximum Gasteiger partial charge on any atom is 0.254 e. The van der Waals surface area contributed by atoms with Crippen molar-refractivity contribution in [2.45, 2.75) is 44.9 Å². The smallest absolute Gasteiger partial charge is 0.254 e. The van der Waals surface area contributed by atoms with Gasteiger partial charge in [-0.1, -0.05) is 25.5 Å². The number of amides is 1. The first kappa shape index (κ1) is 24.8. The van der Waals surface area contributed by atoms with Crippen molar-refractivity contribution in [3.05, 3.63) is 47.8 Å². The number of nitrogens with two attached hydrogens (primary N) is 1. The van der Waals surface area contributed by atoms with Crippen LogP contribution in [0.3, 0.4) is 0 Å². The zero-order valence-corrected chi connectivity index (χ0v) is 21.1. The fourth-order valence-corrected chi connectivity index (χ4v) is 4.85. The molecular formula is C26H32N8O3. The molecule has 1 saturated heterocycles. The zero-order valence-electron chi connectivity index (χ0n) is 21.1. The molecule has 0 bridgehead atoms. The van der Waals surface area contributed by atoms with Gasteiger partial charge in [0, 0.05) is 50.0 Å². The molecular weight excluding hydrogens is 472 g/mol. The van der Waals surface area contributed by atoms with Crippen LogP contribution in [0.4, 0.5) is 11.8 Å². The van der Waals surface area contributed by atoms with Crippen molar-refractivity contribution in [1.82, 2.24) is 29.6 Å². The second-order valence-electron chi connectivity index (χ2n) is 9.35. The number of rotatable bonds is 10. The van der Waals surface area contributed by atoms with Gasteiger partial charge in [0.25, 0.3) is 5.91 Å². The van der Waals surface area contributed by atoms with Gasteiger partial charge in [-0.25, -0.2) is 4.98 Å². The van der Waals surface area contributed by atoms with E-state index in [9.17, 15) is 9.90 Å². The van der Waals surface area contributed by atoms with E-state index in [1.165, 1.54) is 0 Å². The summed E-state index contributed by atoms with van der Waals surface area (Å²) >= 11 is 0. The highest BCUT2D eigenvalue weighted by molar-refractivity contribution is 6.07. The lowest BCUT2D eigenvalue weighted by atomic mass is 10.0. The number of nitrogens with one attached hydrogen (secondary N) is 1. The minimum Gasteiger partial charge on any atom is -0.396 e. The van der Waals surface area contributed by atoms with E-state index < -0.39 is 0 Å². The van der Waals surface area contributed by atoms with Crippen molar-refractivity contribution >= 4 is 39.6 Å². The molecule has 1 amide bonds. The summed E-state index contributed by atoms with van der Waals surface area (Å²) in [5.41, 5.74) is 9.62. The lowest BCUT2D eigenvalue weighted by Crippen LogP contribution is -2.54. The molecule has 11 nitrogen and oxygen atoms in total. The van der Waals surface area contributed by atoms with Gasteiger partial charge >= 0.3 is 0 Å². The highest BCUT2D eigenvalue weighted by Crippen LogP contribution is 2.28. The van der Waals surface area contributed by atoms with Gasteiger partial charge in [-0.2, -0.15) is 10.1 Å². The Morgan fingerprint density at radius 1 is 1.27 bits per heavy atom. The van der Waals surface area contributed by atoms with Crippen molar-refractivity contribution in [3.63, 3.8) is 0 Å². The van der Waals surface area contributed by atoms with E-state index in [2.05, 4.69) is 32.3 Å². The van der Waals surface area contributed by atoms with Crippen LogP contribution < -0.4 is 11.1 Å². The number of ether oxygens (including phenoxy) is 1. The standard InChI is InChI=1S/C26H32N8O3/c1-3-5-17(9-11-35)30-24-23-21(31-26(27)32-24)12-29-34(23)13-16-7-8-20(19-6-4-10-28-22(16)19)25(36)33-14-18(15-33)37-2/h4,6-8,10,12,17-18,35H,3,5,9,11,13-15H2,1-2H3,(H3,27,30,31,32). The number of benzene rings is 1. The number of hydrogen-bond acceptors (Lipinski definition) is 9. The van der Waals surface area contributed by atoms with E-state index in [1.807, 2.05) is 28.9 Å². The fraction of sp³-hybridized carbons (Fsp3) is 0.423. The molecule has 1 atom stereocenters. The van der Waals surface area contributed by atoms with Gasteiger partial charge < -0.3 is 25.8 Å². The SMILES string of the molecule is CCCC(CCO)Nc1nc(N)nc2cnn(Cc3ccc(C(=O)N4CC(OC)C4)c4cccnc34)c12. The molecule has 1 unspecified atom stereocenters. The second-order valence-corrected chi connectivity index (χ2v) is 9.35. The summed E-state index contributed by atoms with van der Waals surface area (Å²) in [7, 11) is 1.66. The predicted molar refractivity (Wildman–Crippen MR) is 141 cm³/mol. The number of likely N-dealkylation sites (tertiary alicyclic amines) is 1. The molecule has 4 aromatic rings. The molecule has 11 heteroatoms. The summed E-state index contributed by atoms with van der Waals surface area (Å²) in [6.45, 7) is 3.76. The van der Waals surface area contributed by atoms with Crippen molar-refractivity contribution < 1.29 is 14.6 Å². The predicted octanol–water partition coefficient (Wildman–Crippen LogP) is 2.44. The topological polar surface area (TPSA) is 144 Å². The van der Waals surface area contributed by atoms with E-state index in [0.717, 1.165) is 34.8 Å². The summed E-state index contributed by atoms with van der Waals surface area (Å²) in [6, 6.07) is 7.60. The Balaban J connectivity index is 1.50. The molecule has 0 spiro atoms. The van der Waals surface area contributed by atoms with Crippen molar-refractivity contribution in [1.29, 1.82) is 0 Å². The first-order chi connectivity index (χ1) is 18.0. The largest absolute Gasteiger partial charge is 0.396 e. The quantitative estimate of drug-likeness (QED) is 0.296. The number of aliphatic hydroxyl groups is 1. The molecule has 0 aliphatic carbocycles. The maximum atomic E-state index is 13.2. The van der Waals surface area contributed by atoms with Crippen LogP contribution in [0.2, 0.25) is 0 Å². The summed E-state index contributed by atoms with van der Waals surface area (Å²) < 4.78 is 7.14. The number of hydrogen-bond donors (Lipinski definition) is 3. The zero-order chi connectivity index (χ0) is 25.9. The third-order valence-corrected chi connectivity index (χ3v) is 6.83. The van der Waals surface area contributed by atoms with Crippen LogP contribution in [-0.4, -0.2) is 79.6 Å². The number of anilines is 2. The van der Waals surface area contributed by atoms with Gasteiger partial charge in [0.1, 0.15) is 11.0 Å². The first-order valence-electron chi connectivity index (χ1n) is 12.6. The lowest BCUT2D eigenvalue weighted by molar-refractivity contribution is -0.0191. The number of aliphatic hydroxyl groups excluding tert-OH is 1. The van der Waals surface area contributed by atoms with Crippen LogP contribution in [0.25, 0.3) is 21.9 Å². The average molecular weight is 505 g/mol. The molecule has 5 rings (SSSR count). The normalized spacial score (nSPS) is 14.7. The number of carbonyl (C=O) groups is 1. The van der Waals surface area contributed by atoms with Crippen LogP contribution in [0.15, 0.2) is 36.7 Å². The van der Waals surface area contributed by atoms with E-state index in [4.69, 9.17) is 10.5 Å². The Bertz CT molecular complexity index is 1410. The monoisotopic (exact) mass is 504 g/mol. The third kappa shape index (κ3) is 4.92. The average Bonchev–Trinajstić information content (AvgIpc) is 3.26. The Kier molecular flexibility index (Phi) is 7.15. The number of carbonyl (C=O) groups excluding carboxylic acids is 1. The molecule has 0 saturated carbocycles. The molecule has 3 aromatic heterocycles. The highest BCUT2D eigenvalue weighted by atomic mass is 16.5. The summed E-state index contributed by atoms with van der Waals surface area (Å²) in [5.74, 6) is 0.718. The van der Waals surface area contributed by atoms with Gasteiger partial charge in [-0.15, -0.1) is 0 Å². The second kappa shape index (κ2) is 10.7. The number of pyridine rings is 1. The van der Waals surface area contributed by atoms with Gasteiger partial charge in [-0.05, 0) is 30.5 Å². The fourth-order valence-electron chi connectivity index (χ4n) is 4.85. The Morgan fingerprint density at radius 3 is 2.86 bits per heavy atom. The molecule has 194 valence electrons. The molecule has 0 radical (unpaired) electrons. The number of nitrogen functional groups attached to an aromatic ring is 1. The molecule has 4 heterocycles. The molecule has 1 aliphatic rings. The number of nitrogens with zero attached hydrogens (tertiary/aromatic N) is 6. The third-order valence-electron chi connectivity index (χ3n) is 6.83. The van der Waals surface area contributed by atoms with Crippen molar-refractivity contribution in [2.75, 3.05) is 37.9 Å². The lowest BCUT2D eigenvalue weighted by Gasteiger charge is -2.38. The first-order valence-corrected chi connectivity index (χ1v) is 12.6. The number of methoxy groups -OCH3 is 1. The molecule has 4 N–H and O–H groups in total. The molecule has 37 heavy (non-hydrogen) atoms. The minimum absolute atomic E-state index is 0.0244. The van der Waals surface area contributed by atoms with Crippen molar-refractivity contribution in [3.8, 4) is 0 Å². The minimum atomic E-state index is -0.0244. The molecule has 1 aromatic carbocycles. The molecule has 1 aliphatic heterocycles. The van der Waals surface area contributed by atoms with Crippen molar-refractivity contribution in [2.24, 2.45) is 0 Å². The Labute approximate surface area is 214 Å². The van der Waals surface area contributed by atoms with Gasteiger partial charge in [0.15, 0.2) is 5.82 Å². The summed E-state index contributed by atoms with van der Waals surface area (Å²) in [6.07, 6.45) is 5.93. The van der Waals surface area contributed by atoms with E-state index in [0.29, 0.717) is 43.0 Å². The summed E-state index contributed by atoms with van der Waals surface area (Å²) in [4.78, 5) is 28.4. The van der Waals surface area contributed by atoms with Gasteiger partial charge in [0.05, 0.1) is 24.4 Å². The maximum absolute atomic E-state index is 13.2. The Morgan fingerprint density at radius 2 is 2.11 bits per heavy atom. The van der Waals surface area contributed by atoms with E-state index in [-0.39, 0.29) is 30.6 Å². The highest BCUT2D eigenvalue weighted by Gasteiger charge is 2.32. The number of aromatic nitrogens is 5. The van der Waals surface area contributed by atoms with Crippen LogP contribution in [-0.2, 0) is 11.3 Å². The van der Waals surface area contributed by atoms with Crippen LogP contribution in [0.5, 0.6) is 0 Å². The van der Waals surface area contributed by atoms with E-state index in [1.54, 1.807) is 24.4 Å². The molecule has 1 fully saturated rings. The summed E-state index contributed by atoms with van der Waals surface area (Å²) in [5, 5.41) is 18.3.